The first-order valence-corrected chi connectivity index (χ1v) is 39.7. The molecule has 0 aromatic heterocycles. The van der Waals surface area contributed by atoms with Gasteiger partial charge in [-0.05, 0) is 51.4 Å². The number of hydrogen-bond donors (Lipinski definition) is 3. The van der Waals surface area contributed by atoms with Gasteiger partial charge in [0.05, 0.1) is 18.8 Å². The molecule has 0 bridgehead atoms. The van der Waals surface area contributed by atoms with Gasteiger partial charge in [0.1, 0.15) is 0 Å². The van der Waals surface area contributed by atoms with E-state index in [1.165, 1.54) is 392 Å². The lowest BCUT2D eigenvalue weighted by Crippen LogP contribution is -2.45. The minimum Gasteiger partial charge on any atom is -0.394 e. The van der Waals surface area contributed by atoms with Gasteiger partial charge in [0.2, 0.25) is 5.91 Å². The maximum atomic E-state index is 12.6. The van der Waals surface area contributed by atoms with Gasteiger partial charge in [-0.25, -0.2) is 0 Å². The SMILES string of the molecule is CCCCCCC/C=C\C/C=C\C/C=C\CCCCCCCCCCCCCCCCCCCCCCCCCCCCC(=O)NC(CO)C(O)CCCCCCCCCCCCCCCCCCCCCCCCCCCCCCCCCC. The van der Waals surface area contributed by atoms with E-state index in [9.17, 15) is 15.0 Å². The van der Waals surface area contributed by atoms with E-state index in [0.29, 0.717) is 12.8 Å². The lowest BCUT2D eigenvalue weighted by Gasteiger charge is -2.22. The van der Waals surface area contributed by atoms with Gasteiger partial charge in [0, 0.05) is 6.42 Å². The molecular weight excluding hydrogens is 1030 g/mol. The van der Waals surface area contributed by atoms with Crippen LogP contribution < -0.4 is 5.32 Å². The predicted molar refractivity (Wildman–Crippen MR) is 382 cm³/mol. The topological polar surface area (TPSA) is 69.6 Å². The summed E-state index contributed by atoms with van der Waals surface area (Å²) in [7, 11) is 0. The van der Waals surface area contributed by atoms with Crippen molar-refractivity contribution in [3.05, 3.63) is 36.5 Å². The van der Waals surface area contributed by atoms with Crippen LogP contribution in [0, 0.1) is 0 Å². The second-order valence-corrected chi connectivity index (χ2v) is 27.5. The molecule has 4 nitrogen and oxygen atoms in total. The lowest BCUT2D eigenvalue weighted by molar-refractivity contribution is -0.123. The van der Waals surface area contributed by atoms with E-state index in [-0.39, 0.29) is 12.5 Å². The Balaban J connectivity index is 3.36. The third kappa shape index (κ3) is 73.2. The van der Waals surface area contributed by atoms with E-state index in [0.717, 1.165) is 38.5 Å². The van der Waals surface area contributed by atoms with Crippen molar-refractivity contribution < 1.29 is 15.0 Å². The molecule has 85 heavy (non-hydrogen) atoms. The molecule has 3 N–H and O–H groups in total. The Morgan fingerprint density at radius 2 is 0.482 bits per heavy atom. The van der Waals surface area contributed by atoms with Crippen LogP contribution in [-0.2, 0) is 4.79 Å². The molecule has 0 spiro atoms. The number of aliphatic hydroxyl groups is 2. The molecule has 0 saturated carbocycles. The van der Waals surface area contributed by atoms with Crippen molar-refractivity contribution in [3.8, 4) is 0 Å². The van der Waals surface area contributed by atoms with E-state index in [1.54, 1.807) is 0 Å². The van der Waals surface area contributed by atoms with Gasteiger partial charge < -0.3 is 15.5 Å². The molecule has 0 saturated heterocycles. The Morgan fingerprint density at radius 3 is 0.718 bits per heavy atom. The quantitative estimate of drug-likeness (QED) is 0.0420. The van der Waals surface area contributed by atoms with Crippen molar-refractivity contribution in [2.45, 2.75) is 469 Å². The molecule has 2 atom stereocenters. The Labute approximate surface area is 535 Å². The number of amides is 1. The number of rotatable bonds is 75. The molecule has 0 aliphatic carbocycles. The van der Waals surface area contributed by atoms with Crippen LogP contribution in [-0.4, -0.2) is 34.9 Å². The van der Waals surface area contributed by atoms with Crippen molar-refractivity contribution in [3.63, 3.8) is 0 Å². The highest BCUT2D eigenvalue weighted by Gasteiger charge is 2.20. The molecule has 0 fully saturated rings. The number of allylic oxidation sites excluding steroid dienone is 6. The standard InChI is InChI=1S/C81H157NO3/c1-3-5-7-9-11-13-15-17-19-21-23-25-27-29-31-33-35-37-38-39-40-41-42-43-44-45-47-49-51-53-55-57-59-61-63-65-67-69-71-73-75-77-81(85)82-79(78-83)80(84)76-74-72-70-68-66-64-62-60-58-56-54-52-50-48-46-36-34-32-30-28-26-24-22-20-18-16-14-12-10-8-6-4-2/h15,17,21,23,27,29,79-80,83-84H,3-14,16,18-20,22,24-26,28,30-78H2,1-2H3,(H,82,85)/b17-15-,23-21-,29-27-. The number of hydrogen-bond acceptors (Lipinski definition) is 3. The van der Waals surface area contributed by atoms with E-state index in [2.05, 4.69) is 55.6 Å². The van der Waals surface area contributed by atoms with E-state index in [1.807, 2.05) is 0 Å². The molecule has 0 radical (unpaired) electrons. The van der Waals surface area contributed by atoms with Gasteiger partial charge in [0.15, 0.2) is 0 Å². The molecule has 0 heterocycles. The average molecular weight is 1190 g/mol. The summed E-state index contributed by atoms with van der Waals surface area (Å²) in [6.07, 6.45) is 107. The fourth-order valence-corrected chi connectivity index (χ4v) is 12.9. The Hall–Kier alpha value is -1.39. The molecular formula is C81H157NO3. The summed E-state index contributed by atoms with van der Waals surface area (Å²) in [5.74, 6) is -0.0204. The van der Waals surface area contributed by atoms with Crippen LogP contribution in [0.25, 0.3) is 0 Å². The van der Waals surface area contributed by atoms with Gasteiger partial charge in [-0.2, -0.15) is 0 Å². The molecule has 0 aliphatic heterocycles. The second-order valence-electron chi connectivity index (χ2n) is 27.5. The van der Waals surface area contributed by atoms with E-state index < -0.39 is 12.1 Å². The van der Waals surface area contributed by atoms with Gasteiger partial charge in [-0.3, -0.25) is 4.79 Å². The molecule has 0 aromatic rings. The third-order valence-corrected chi connectivity index (χ3v) is 18.9. The summed E-state index contributed by atoms with van der Waals surface area (Å²) in [6, 6.07) is -0.536. The fraction of sp³-hybridized carbons (Fsp3) is 0.914. The van der Waals surface area contributed by atoms with Crippen molar-refractivity contribution in [1.82, 2.24) is 5.32 Å². The summed E-state index contributed by atoms with van der Waals surface area (Å²) in [6.45, 7) is 4.40. The second kappa shape index (κ2) is 76.9. The lowest BCUT2D eigenvalue weighted by atomic mass is 10.0. The fourth-order valence-electron chi connectivity index (χ4n) is 12.9. The van der Waals surface area contributed by atoms with Crippen LogP contribution in [0.15, 0.2) is 36.5 Å². The molecule has 1 amide bonds. The summed E-state index contributed by atoms with van der Waals surface area (Å²) < 4.78 is 0. The number of unbranched alkanes of at least 4 members (excludes halogenated alkanes) is 62. The molecule has 0 aromatic carbocycles. The zero-order chi connectivity index (χ0) is 61.2. The van der Waals surface area contributed by atoms with Gasteiger partial charge in [-0.1, -0.05) is 436 Å². The monoisotopic (exact) mass is 1190 g/mol. The van der Waals surface area contributed by atoms with Crippen molar-refractivity contribution in [2.24, 2.45) is 0 Å². The summed E-state index contributed by atoms with van der Waals surface area (Å²) in [5, 5.41) is 23.5. The molecule has 4 heteroatoms. The Morgan fingerprint density at radius 1 is 0.282 bits per heavy atom. The van der Waals surface area contributed by atoms with Crippen LogP contribution in [0.5, 0.6) is 0 Å². The summed E-state index contributed by atoms with van der Waals surface area (Å²) in [5.41, 5.74) is 0. The van der Waals surface area contributed by atoms with Gasteiger partial charge in [-0.15, -0.1) is 0 Å². The van der Waals surface area contributed by atoms with Crippen LogP contribution >= 0.6 is 0 Å². The normalized spacial score (nSPS) is 12.8. The van der Waals surface area contributed by atoms with Crippen molar-refractivity contribution in [2.75, 3.05) is 6.61 Å². The zero-order valence-electron chi connectivity index (χ0n) is 58.4. The van der Waals surface area contributed by atoms with Crippen molar-refractivity contribution in [1.29, 1.82) is 0 Å². The zero-order valence-corrected chi connectivity index (χ0v) is 58.4. The van der Waals surface area contributed by atoms with Crippen LogP contribution in [0.3, 0.4) is 0 Å². The van der Waals surface area contributed by atoms with Crippen LogP contribution in [0.4, 0.5) is 0 Å². The smallest absolute Gasteiger partial charge is 0.220 e. The number of carbonyl (C=O) groups excluding carboxylic acids is 1. The molecule has 504 valence electrons. The highest BCUT2D eigenvalue weighted by atomic mass is 16.3. The van der Waals surface area contributed by atoms with E-state index in [4.69, 9.17) is 0 Å². The number of carbonyl (C=O) groups is 1. The van der Waals surface area contributed by atoms with Crippen LogP contribution in [0.2, 0.25) is 0 Å². The Bertz CT molecular complexity index is 1310. The largest absolute Gasteiger partial charge is 0.394 e. The number of nitrogens with one attached hydrogen (secondary N) is 1. The third-order valence-electron chi connectivity index (χ3n) is 18.9. The van der Waals surface area contributed by atoms with Crippen LogP contribution in [0.1, 0.15) is 457 Å². The highest BCUT2D eigenvalue weighted by molar-refractivity contribution is 5.76. The number of aliphatic hydroxyl groups excluding tert-OH is 2. The molecule has 0 rings (SSSR count). The Kier molecular flexibility index (Phi) is 75.6. The molecule has 0 aliphatic rings. The minimum atomic E-state index is -0.660. The average Bonchev–Trinajstić information content (AvgIpc) is 3.51. The van der Waals surface area contributed by atoms with E-state index >= 15 is 0 Å². The first-order valence-electron chi connectivity index (χ1n) is 39.7. The van der Waals surface area contributed by atoms with Gasteiger partial charge >= 0.3 is 0 Å². The van der Waals surface area contributed by atoms with Gasteiger partial charge in [0.25, 0.3) is 0 Å². The maximum Gasteiger partial charge on any atom is 0.220 e. The molecule has 2 unspecified atom stereocenters. The van der Waals surface area contributed by atoms with Crippen molar-refractivity contribution >= 4 is 5.91 Å². The minimum absolute atomic E-state index is 0.0204. The maximum absolute atomic E-state index is 12.6. The highest BCUT2D eigenvalue weighted by Crippen LogP contribution is 2.20. The first-order chi connectivity index (χ1) is 42.2. The predicted octanol–water partition coefficient (Wildman–Crippen LogP) is 27.4. The summed E-state index contributed by atoms with van der Waals surface area (Å²) in [4.78, 5) is 12.6. The summed E-state index contributed by atoms with van der Waals surface area (Å²) >= 11 is 0. The first kappa shape index (κ1) is 83.6.